The van der Waals surface area contributed by atoms with Crippen molar-refractivity contribution in [2.24, 2.45) is 5.92 Å². The summed E-state index contributed by atoms with van der Waals surface area (Å²) in [6, 6.07) is 7.18. The fourth-order valence-electron chi connectivity index (χ4n) is 2.12. The van der Waals surface area contributed by atoms with Crippen LogP contribution >= 0.6 is 31.9 Å². The Morgan fingerprint density at radius 2 is 2.12 bits per heavy atom. The molecule has 0 saturated heterocycles. The van der Waals surface area contributed by atoms with Crippen LogP contribution in [0.4, 0.5) is 5.69 Å². The first-order valence-electron chi connectivity index (χ1n) is 5.70. The highest BCUT2D eigenvalue weighted by Gasteiger charge is 2.31. The Kier molecular flexibility index (Phi) is 3.96. The van der Waals surface area contributed by atoms with Gasteiger partial charge in [-0.2, -0.15) is 0 Å². The molecule has 1 aliphatic rings. The highest BCUT2D eigenvalue weighted by Crippen LogP contribution is 2.37. The largest absolute Gasteiger partial charge is 0.371 e. The quantitative estimate of drug-likeness (QED) is 0.721. The monoisotopic (exact) mass is 345 g/mol. The second-order valence-corrected chi connectivity index (χ2v) is 6.07. The van der Waals surface area contributed by atoms with E-state index in [1.807, 2.05) is 0 Å². The summed E-state index contributed by atoms with van der Waals surface area (Å²) in [5.41, 5.74) is 2.70. The lowest BCUT2D eigenvalue weighted by Gasteiger charge is -2.29. The van der Waals surface area contributed by atoms with E-state index >= 15 is 0 Å². The summed E-state index contributed by atoms with van der Waals surface area (Å²) in [6.45, 7) is 2.33. The number of anilines is 1. The third-order valence-electron chi connectivity index (χ3n) is 3.48. The Morgan fingerprint density at radius 3 is 2.69 bits per heavy atom. The van der Waals surface area contributed by atoms with Crippen LogP contribution in [0.15, 0.2) is 22.7 Å². The standard InChI is InChI=1S/C13H17Br2N/c1-9(10-3-4-10)16(2)13-6-5-12(15)7-11(13)8-14/h5-7,9-10H,3-4,8H2,1-2H3. The molecule has 0 heterocycles. The van der Waals surface area contributed by atoms with Gasteiger partial charge in [-0.15, -0.1) is 0 Å². The summed E-state index contributed by atoms with van der Waals surface area (Å²) in [7, 11) is 2.21. The van der Waals surface area contributed by atoms with Crippen molar-refractivity contribution in [2.75, 3.05) is 11.9 Å². The van der Waals surface area contributed by atoms with Gasteiger partial charge in [0.2, 0.25) is 0 Å². The van der Waals surface area contributed by atoms with Gasteiger partial charge in [-0.1, -0.05) is 31.9 Å². The van der Waals surface area contributed by atoms with Gasteiger partial charge in [-0.25, -0.2) is 0 Å². The van der Waals surface area contributed by atoms with Crippen LogP contribution in [0.25, 0.3) is 0 Å². The Morgan fingerprint density at radius 1 is 1.44 bits per heavy atom. The summed E-state index contributed by atoms with van der Waals surface area (Å²) in [4.78, 5) is 2.42. The molecule has 0 spiro atoms. The number of alkyl halides is 1. The molecular formula is C13H17Br2N. The number of halogens is 2. The van der Waals surface area contributed by atoms with E-state index in [9.17, 15) is 0 Å². The SMILES string of the molecule is CC(C1CC1)N(C)c1ccc(Br)cc1CBr. The number of benzene rings is 1. The molecule has 0 amide bonds. The van der Waals surface area contributed by atoms with Crippen molar-refractivity contribution in [1.29, 1.82) is 0 Å². The van der Waals surface area contributed by atoms with Gasteiger partial charge in [0.15, 0.2) is 0 Å². The van der Waals surface area contributed by atoms with Crippen molar-refractivity contribution < 1.29 is 0 Å². The number of hydrogen-bond donors (Lipinski definition) is 0. The highest BCUT2D eigenvalue weighted by molar-refractivity contribution is 9.10. The molecule has 1 fully saturated rings. The van der Waals surface area contributed by atoms with E-state index < -0.39 is 0 Å². The maximum absolute atomic E-state index is 3.57. The van der Waals surface area contributed by atoms with Gasteiger partial charge < -0.3 is 4.90 Å². The molecule has 1 aliphatic carbocycles. The fourth-order valence-corrected chi connectivity index (χ4v) is 2.98. The minimum atomic E-state index is 0.652. The van der Waals surface area contributed by atoms with Crippen molar-refractivity contribution in [3.05, 3.63) is 28.2 Å². The maximum atomic E-state index is 3.57. The van der Waals surface area contributed by atoms with E-state index in [2.05, 4.69) is 68.9 Å². The van der Waals surface area contributed by atoms with Crippen LogP contribution in [0.3, 0.4) is 0 Å². The third kappa shape index (κ3) is 2.62. The summed E-state index contributed by atoms with van der Waals surface area (Å²) in [5.74, 6) is 0.900. The first-order chi connectivity index (χ1) is 7.63. The number of rotatable bonds is 4. The van der Waals surface area contributed by atoms with Gasteiger partial charge in [-0.3, -0.25) is 0 Å². The lowest BCUT2D eigenvalue weighted by atomic mass is 10.1. The van der Waals surface area contributed by atoms with E-state index in [0.717, 1.165) is 15.7 Å². The predicted octanol–water partition coefficient (Wildman–Crippen LogP) is 4.58. The van der Waals surface area contributed by atoms with Crippen molar-refractivity contribution >= 4 is 37.5 Å². The molecule has 0 N–H and O–H groups in total. The predicted molar refractivity (Wildman–Crippen MR) is 77.4 cm³/mol. The molecule has 88 valence electrons. The second-order valence-electron chi connectivity index (χ2n) is 4.60. The maximum Gasteiger partial charge on any atom is 0.0408 e. The smallest absolute Gasteiger partial charge is 0.0408 e. The van der Waals surface area contributed by atoms with Gasteiger partial charge in [0.1, 0.15) is 0 Å². The average molecular weight is 347 g/mol. The van der Waals surface area contributed by atoms with E-state index in [4.69, 9.17) is 0 Å². The minimum Gasteiger partial charge on any atom is -0.371 e. The van der Waals surface area contributed by atoms with Crippen LogP contribution in [0, 0.1) is 5.92 Å². The normalized spacial score (nSPS) is 17.2. The molecule has 0 radical (unpaired) electrons. The molecule has 1 nitrogen and oxygen atoms in total. The molecule has 0 aromatic heterocycles. The first-order valence-corrected chi connectivity index (χ1v) is 7.62. The topological polar surface area (TPSA) is 3.24 Å². The molecule has 1 unspecified atom stereocenters. The molecule has 1 atom stereocenters. The Bertz CT molecular complexity index is 374. The molecule has 3 heteroatoms. The van der Waals surface area contributed by atoms with Crippen LogP contribution in [0.1, 0.15) is 25.3 Å². The third-order valence-corrected chi connectivity index (χ3v) is 4.58. The molecule has 0 aliphatic heterocycles. The van der Waals surface area contributed by atoms with Crippen LogP contribution in [0.5, 0.6) is 0 Å². The van der Waals surface area contributed by atoms with Gasteiger partial charge in [0.05, 0.1) is 0 Å². The molecular weight excluding hydrogens is 330 g/mol. The van der Waals surface area contributed by atoms with Gasteiger partial charge >= 0.3 is 0 Å². The summed E-state index contributed by atoms with van der Waals surface area (Å²) in [6.07, 6.45) is 2.79. The van der Waals surface area contributed by atoms with Crippen LogP contribution < -0.4 is 4.90 Å². The van der Waals surface area contributed by atoms with Crippen LogP contribution in [-0.4, -0.2) is 13.1 Å². The zero-order chi connectivity index (χ0) is 11.7. The molecule has 0 bridgehead atoms. The Hall–Kier alpha value is -0.0200. The van der Waals surface area contributed by atoms with Gasteiger partial charge in [0, 0.05) is 28.6 Å². The zero-order valence-corrected chi connectivity index (χ0v) is 12.9. The summed E-state index contributed by atoms with van der Waals surface area (Å²) < 4.78 is 1.15. The van der Waals surface area contributed by atoms with Crippen molar-refractivity contribution in [3.8, 4) is 0 Å². The lowest BCUT2D eigenvalue weighted by molar-refractivity contribution is 0.608. The van der Waals surface area contributed by atoms with E-state index in [0.29, 0.717) is 6.04 Å². The number of hydrogen-bond acceptors (Lipinski definition) is 1. The Balaban J connectivity index is 2.23. The molecule has 1 aromatic carbocycles. The molecule has 16 heavy (non-hydrogen) atoms. The molecule has 1 aromatic rings. The summed E-state index contributed by atoms with van der Waals surface area (Å²) >= 11 is 7.09. The van der Waals surface area contributed by atoms with E-state index in [1.54, 1.807) is 0 Å². The average Bonchev–Trinajstić information content (AvgIpc) is 3.10. The van der Waals surface area contributed by atoms with E-state index in [1.165, 1.54) is 24.1 Å². The van der Waals surface area contributed by atoms with E-state index in [-0.39, 0.29) is 0 Å². The number of nitrogens with zero attached hydrogens (tertiary/aromatic N) is 1. The van der Waals surface area contributed by atoms with Gasteiger partial charge in [0.25, 0.3) is 0 Å². The summed E-state index contributed by atoms with van der Waals surface area (Å²) in [5, 5.41) is 0.906. The van der Waals surface area contributed by atoms with Gasteiger partial charge in [-0.05, 0) is 49.4 Å². The Labute approximate surface area is 114 Å². The highest BCUT2D eigenvalue weighted by atomic mass is 79.9. The first kappa shape index (κ1) is 12.4. The van der Waals surface area contributed by atoms with Crippen molar-refractivity contribution in [3.63, 3.8) is 0 Å². The second kappa shape index (κ2) is 5.09. The zero-order valence-electron chi connectivity index (χ0n) is 9.71. The molecule has 1 saturated carbocycles. The van der Waals surface area contributed by atoms with Crippen LogP contribution in [0.2, 0.25) is 0 Å². The minimum absolute atomic E-state index is 0.652. The lowest BCUT2D eigenvalue weighted by Crippen LogP contribution is -2.31. The fraction of sp³-hybridized carbons (Fsp3) is 0.538. The molecule has 2 rings (SSSR count). The van der Waals surface area contributed by atoms with Crippen LogP contribution in [-0.2, 0) is 5.33 Å². The van der Waals surface area contributed by atoms with Crippen molar-refractivity contribution in [2.45, 2.75) is 31.1 Å². The van der Waals surface area contributed by atoms with Crippen molar-refractivity contribution in [1.82, 2.24) is 0 Å².